The number of carbonyl (C=O) groups is 1. The van der Waals surface area contributed by atoms with E-state index in [9.17, 15) is 61.0 Å². The number of aliphatic hydroxyl groups excluding tert-OH is 11. The number of hydrogen-bond donors (Lipinski definition) is 12. The molecule has 98 heavy (non-hydrogen) atoms. The van der Waals surface area contributed by atoms with Gasteiger partial charge in [-0.3, -0.25) is 4.79 Å². The lowest BCUT2D eigenvalue weighted by molar-refractivity contribution is -0.379. The van der Waals surface area contributed by atoms with Crippen molar-refractivity contribution in [1.29, 1.82) is 0 Å². The lowest BCUT2D eigenvalue weighted by atomic mass is 9.96. The molecule has 19 nitrogen and oxygen atoms in total. The van der Waals surface area contributed by atoms with Gasteiger partial charge in [0.25, 0.3) is 0 Å². The van der Waals surface area contributed by atoms with Gasteiger partial charge in [-0.2, -0.15) is 0 Å². The fourth-order valence-electron chi connectivity index (χ4n) is 13.2. The highest BCUT2D eigenvalue weighted by atomic mass is 16.8. The Balaban J connectivity index is 1.35. The molecule has 1 amide bonds. The summed E-state index contributed by atoms with van der Waals surface area (Å²) >= 11 is 0. The Morgan fingerprint density at radius 1 is 0.367 bits per heavy atom. The fourth-order valence-corrected chi connectivity index (χ4v) is 13.2. The van der Waals surface area contributed by atoms with E-state index in [1.54, 1.807) is 6.08 Å². The van der Waals surface area contributed by atoms with Gasteiger partial charge in [-0.25, -0.2) is 0 Å². The van der Waals surface area contributed by atoms with Crippen molar-refractivity contribution in [2.75, 3.05) is 26.4 Å². The van der Waals surface area contributed by atoms with Crippen LogP contribution >= 0.6 is 0 Å². The van der Waals surface area contributed by atoms with Crippen LogP contribution in [0.1, 0.15) is 303 Å². The van der Waals surface area contributed by atoms with E-state index in [-0.39, 0.29) is 18.9 Å². The quantitative estimate of drug-likeness (QED) is 0.0199. The number of aliphatic hydroxyl groups is 11. The summed E-state index contributed by atoms with van der Waals surface area (Å²) in [5, 5.41) is 121. The number of carbonyl (C=O) groups excluding carboxylic acids is 1. The summed E-state index contributed by atoms with van der Waals surface area (Å²) in [5.41, 5.74) is 0. The first-order chi connectivity index (χ1) is 47.8. The molecule has 0 radical (unpaired) electrons. The molecule has 19 heteroatoms. The molecule has 0 aromatic carbocycles. The molecule has 0 aliphatic carbocycles. The minimum atomic E-state index is -1.98. The van der Waals surface area contributed by atoms with E-state index >= 15 is 0 Å². The van der Waals surface area contributed by atoms with Gasteiger partial charge in [0, 0.05) is 6.42 Å². The van der Waals surface area contributed by atoms with Gasteiger partial charge in [0.15, 0.2) is 18.9 Å². The number of hydrogen-bond acceptors (Lipinski definition) is 18. The molecule has 3 aliphatic rings. The van der Waals surface area contributed by atoms with Gasteiger partial charge in [0.05, 0.1) is 38.6 Å². The largest absolute Gasteiger partial charge is 0.394 e. The molecule has 3 aliphatic heterocycles. The van der Waals surface area contributed by atoms with E-state index < -0.39 is 124 Å². The lowest BCUT2D eigenvalue weighted by Gasteiger charge is -2.48. The second-order valence-electron chi connectivity index (χ2n) is 28.2. The molecule has 0 bridgehead atoms. The zero-order valence-electron chi connectivity index (χ0n) is 61.0. The van der Waals surface area contributed by atoms with Crippen LogP contribution in [0, 0.1) is 0 Å². The molecular formula is C79H143NO18. The molecule has 12 N–H and O–H groups in total. The van der Waals surface area contributed by atoms with Crippen molar-refractivity contribution in [3.05, 3.63) is 60.8 Å². The summed E-state index contributed by atoms with van der Waals surface area (Å²) in [6.07, 6.45) is 49.3. The van der Waals surface area contributed by atoms with Crippen molar-refractivity contribution in [2.45, 2.75) is 407 Å². The van der Waals surface area contributed by atoms with Crippen molar-refractivity contribution >= 4 is 5.91 Å². The van der Waals surface area contributed by atoms with Crippen molar-refractivity contribution in [2.24, 2.45) is 0 Å². The predicted octanol–water partition coefficient (Wildman–Crippen LogP) is 12.7. The average Bonchev–Trinajstić information content (AvgIpc) is 0.785. The van der Waals surface area contributed by atoms with Gasteiger partial charge in [-0.1, -0.05) is 286 Å². The molecule has 0 spiro atoms. The maximum Gasteiger partial charge on any atom is 0.220 e. The van der Waals surface area contributed by atoms with Gasteiger partial charge in [0.2, 0.25) is 5.91 Å². The van der Waals surface area contributed by atoms with Crippen molar-refractivity contribution in [1.82, 2.24) is 5.32 Å². The van der Waals surface area contributed by atoms with Crippen LogP contribution < -0.4 is 5.32 Å². The highest BCUT2D eigenvalue weighted by Crippen LogP contribution is 2.33. The third kappa shape index (κ3) is 39.9. The van der Waals surface area contributed by atoms with Crippen LogP contribution in [0.5, 0.6) is 0 Å². The SMILES string of the molecule is CCCCCCC/C=C\C/C=C\C/C=C\CCCCCCCCCCCCCCCCCCCCCCC(=O)NC(COC1OC(CO)C(OC2OC(CO)C(OC3OC(CO)C(O)C(O)C3O)C(O)C2O)C(O)C1O)C(O)/C=C/CC/C=C/CCCCCCCCCCCCCC. The molecule has 572 valence electrons. The summed E-state index contributed by atoms with van der Waals surface area (Å²) < 4.78 is 34.4. The smallest absolute Gasteiger partial charge is 0.220 e. The van der Waals surface area contributed by atoms with Crippen molar-refractivity contribution in [3.63, 3.8) is 0 Å². The molecule has 17 atom stereocenters. The normalized spacial score (nSPS) is 27.1. The number of amides is 1. The number of rotatable bonds is 62. The second kappa shape index (κ2) is 59.8. The summed E-state index contributed by atoms with van der Waals surface area (Å²) in [6.45, 7) is 1.73. The van der Waals surface area contributed by atoms with E-state index in [0.29, 0.717) is 12.8 Å². The number of nitrogens with one attached hydrogen (secondary N) is 1. The number of ether oxygens (including phenoxy) is 6. The van der Waals surface area contributed by atoms with Crippen LogP contribution in [-0.4, -0.2) is 193 Å². The topological polar surface area (TPSA) is 307 Å². The summed E-state index contributed by atoms with van der Waals surface area (Å²) in [4.78, 5) is 13.5. The highest BCUT2D eigenvalue weighted by molar-refractivity contribution is 5.76. The van der Waals surface area contributed by atoms with Crippen molar-refractivity contribution in [3.8, 4) is 0 Å². The fraction of sp³-hybridized carbons (Fsp3) is 0.861. The van der Waals surface area contributed by atoms with Gasteiger partial charge in [0.1, 0.15) is 73.2 Å². The van der Waals surface area contributed by atoms with Gasteiger partial charge >= 0.3 is 0 Å². The van der Waals surface area contributed by atoms with E-state index in [1.807, 2.05) is 6.08 Å². The Morgan fingerprint density at radius 2 is 0.684 bits per heavy atom. The zero-order valence-corrected chi connectivity index (χ0v) is 61.0. The molecule has 3 heterocycles. The summed E-state index contributed by atoms with van der Waals surface area (Å²) in [5.74, 6) is -0.282. The standard InChI is InChI=1S/C79H143NO18/c1-3-5-7-9-11-13-15-17-19-21-23-24-25-26-27-28-29-30-31-32-33-34-35-36-37-38-39-41-43-45-47-49-51-53-55-57-67(85)80-62(63(84)56-54-52-50-48-46-44-42-40-22-20-18-16-14-12-10-8-6-4-2)61-93-77-73(91)70(88)75(65(59-82)95-77)98-79-74(92)71(89)76(66(60-83)96-79)97-78-72(90)69(87)68(86)64(58-81)94-78/h15,17,21,23,25-26,46,48,54,56,62-66,68-79,81-84,86-92H,3-14,16,18-20,22,24,27-45,47,49-53,55,57-61H2,1-2H3,(H,80,85)/b17-15-,23-21-,26-25-,48-46+,56-54+. The third-order valence-electron chi connectivity index (χ3n) is 19.5. The van der Waals surface area contributed by atoms with Gasteiger partial charge in [-0.05, 0) is 70.6 Å². The average molecular weight is 1400 g/mol. The van der Waals surface area contributed by atoms with Crippen molar-refractivity contribution < 1.29 is 89.4 Å². The molecule has 17 unspecified atom stereocenters. The maximum absolute atomic E-state index is 13.5. The summed E-state index contributed by atoms with van der Waals surface area (Å²) in [7, 11) is 0. The van der Waals surface area contributed by atoms with E-state index in [1.165, 1.54) is 218 Å². The zero-order chi connectivity index (χ0) is 71.1. The first kappa shape index (κ1) is 89.7. The van der Waals surface area contributed by atoms with E-state index in [0.717, 1.165) is 51.4 Å². The van der Waals surface area contributed by atoms with Gasteiger partial charge in [-0.15, -0.1) is 0 Å². The number of unbranched alkanes of at least 4 members (excludes halogenated alkanes) is 38. The van der Waals surface area contributed by atoms with E-state index in [2.05, 4.69) is 67.8 Å². The third-order valence-corrected chi connectivity index (χ3v) is 19.5. The molecule has 0 saturated carbocycles. The molecule has 0 aromatic rings. The minimum Gasteiger partial charge on any atom is -0.394 e. The van der Waals surface area contributed by atoms with Gasteiger partial charge < -0.3 is 89.9 Å². The lowest BCUT2D eigenvalue weighted by Crippen LogP contribution is -2.66. The van der Waals surface area contributed by atoms with Crippen LogP contribution in [0.3, 0.4) is 0 Å². The van der Waals surface area contributed by atoms with Crippen LogP contribution in [0.4, 0.5) is 0 Å². The molecular weight excluding hydrogens is 1250 g/mol. The number of allylic oxidation sites excluding steroid dienone is 9. The summed E-state index contributed by atoms with van der Waals surface area (Å²) in [6, 6.07) is -0.991. The van der Waals surface area contributed by atoms with Crippen LogP contribution in [0.25, 0.3) is 0 Å². The minimum absolute atomic E-state index is 0.237. The molecule has 3 saturated heterocycles. The Hall–Kier alpha value is -2.51. The molecule has 3 rings (SSSR count). The Bertz CT molecular complexity index is 2010. The first-order valence-electron chi connectivity index (χ1n) is 39.5. The Morgan fingerprint density at radius 3 is 1.09 bits per heavy atom. The highest BCUT2D eigenvalue weighted by Gasteiger charge is 2.53. The Kier molecular flexibility index (Phi) is 54.8. The van der Waals surface area contributed by atoms with Crippen LogP contribution in [0.15, 0.2) is 60.8 Å². The molecule has 3 fully saturated rings. The predicted molar refractivity (Wildman–Crippen MR) is 388 cm³/mol. The monoisotopic (exact) mass is 1390 g/mol. The van der Waals surface area contributed by atoms with Crippen LogP contribution in [-0.2, 0) is 33.2 Å². The first-order valence-corrected chi connectivity index (χ1v) is 39.5. The maximum atomic E-state index is 13.5. The molecule has 0 aromatic heterocycles. The van der Waals surface area contributed by atoms with E-state index in [4.69, 9.17) is 28.4 Å². The Labute approximate surface area is 592 Å². The second-order valence-corrected chi connectivity index (χ2v) is 28.2. The van der Waals surface area contributed by atoms with Crippen LogP contribution in [0.2, 0.25) is 0 Å².